The van der Waals surface area contributed by atoms with Crippen molar-refractivity contribution in [2.45, 2.75) is 4.90 Å². The van der Waals surface area contributed by atoms with Gasteiger partial charge < -0.3 is 4.74 Å². The zero-order valence-corrected chi connectivity index (χ0v) is 9.06. The minimum Gasteiger partial charge on any atom is -0.496 e. The van der Waals surface area contributed by atoms with Gasteiger partial charge in [-0.25, -0.2) is 0 Å². The molecule has 4 heteroatoms. The fourth-order valence-electron chi connectivity index (χ4n) is 0.865. The maximum atomic E-state index is 5.94. The van der Waals surface area contributed by atoms with E-state index >= 15 is 0 Å². The van der Waals surface area contributed by atoms with E-state index in [0.29, 0.717) is 10.0 Å². The van der Waals surface area contributed by atoms with E-state index in [1.54, 1.807) is 19.2 Å². The summed E-state index contributed by atoms with van der Waals surface area (Å²) in [7, 11) is 1.61. The van der Waals surface area contributed by atoms with Crippen molar-refractivity contribution in [1.29, 1.82) is 0 Å². The van der Waals surface area contributed by atoms with Crippen molar-refractivity contribution in [3.63, 3.8) is 0 Å². The zero-order chi connectivity index (χ0) is 9.14. The van der Waals surface area contributed by atoms with Crippen molar-refractivity contribution in [2.75, 3.05) is 13.4 Å². The first-order chi connectivity index (χ1) is 5.70. The molecule has 0 N–H and O–H groups in total. The Bertz CT molecular complexity index is 289. The molecule has 0 atom stereocenters. The van der Waals surface area contributed by atoms with Gasteiger partial charge in [0.2, 0.25) is 0 Å². The third kappa shape index (κ3) is 1.82. The summed E-state index contributed by atoms with van der Waals surface area (Å²) in [5.74, 6) is 0.761. The number of thioether (sulfide) groups is 1. The highest BCUT2D eigenvalue weighted by Crippen LogP contribution is 2.38. The number of hydrogen-bond acceptors (Lipinski definition) is 2. The van der Waals surface area contributed by atoms with Gasteiger partial charge in [-0.3, -0.25) is 0 Å². The molecule has 0 spiro atoms. The normalized spacial score (nSPS) is 10.0. The van der Waals surface area contributed by atoms with Gasteiger partial charge in [-0.1, -0.05) is 23.2 Å². The molecule has 0 aliphatic carbocycles. The Balaban J connectivity index is 3.25. The molecule has 0 saturated heterocycles. The van der Waals surface area contributed by atoms with Crippen LogP contribution in [-0.2, 0) is 0 Å². The summed E-state index contributed by atoms with van der Waals surface area (Å²) in [5.41, 5.74) is 0. The van der Waals surface area contributed by atoms with Crippen LogP contribution in [0.5, 0.6) is 5.75 Å². The molecule has 1 aromatic rings. The van der Waals surface area contributed by atoms with Gasteiger partial charge in [0.15, 0.2) is 0 Å². The molecule has 0 unspecified atom stereocenters. The Morgan fingerprint density at radius 3 is 2.50 bits per heavy atom. The van der Waals surface area contributed by atoms with Crippen molar-refractivity contribution in [2.24, 2.45) is 0 Å². The molecule has 0 radical (unpaired) electrons. The Morgan fingerprint density at radius 1 is 1.33 bits per heavy atom. The summed E-state index contributed by atoms with van der Waals surface area (Å²) in [6.07, 6.45) is 1.93. The summed E-state index contributed by atoms with van der Waals surface area (Å²) in [5, 5.41) is 1.12. The van der Waals surface area contributed by atoms with Gasteiger partial charge in [0.05, 0.1) is 22.1 Å². The van der Waals surface area contributed by atoms with Gasteiger partial charge in [-0.05, 0) is 18.4 Å². The lowest BCUT2D eigenvalue weighted by atomic mass is 10.3. The lowest BCUT2D eigenvalue weighted by Gasteiger charge is -2.08. The maximum absolute atomic E-state index is 5.94. The smallest absolute Gasteiger partial charge is 0.134 e. The van der Waals surface area contributed by atoms with E-state index in [0.717, 1.165) is 10.6 Å². The van der Waals surface area contributed by atoms with Crippen LogP contribution < -0.4 is 4.74 Å². The van der Waals surface area contributed by atoms with E-state index in [2.05, 4.69) is 0 Å². The number of ether oxygens (including phenoxy) is 1. The molecule has 1 nitrogen and oxygen atoms in total. The summed E-state index contributed by atoms with van der Waals surface area (Å²) in [4.78, 5) is 0.881. The Labute approximate surface area is 86.0 Å². The van der Waals surface area contributed by atoms with Crippen LogP contribution in [0.15, 0.2) is 17.0 Å². The topological polar surface area (TPSA) is 9.23 Å². The highest BCUT2D eigenvalue weighted by Gasteiger charge is 2.09. The van der Waals surface area contributed by atoms with Crippen LogP contribution in [0.3, 0.4) is 0 Å². The molecule has 66 valence electrons. The van der Waals surface area contributed by atoms with E-state index in [1.165, 1.54) is 11.8 Å². The van der Waals surface area contributed by atoms with Crippen LogP contribution in [0, 0.1) is 0 Å². The molecule has 0 amide bonds. The van der Waals surface area contributed by atoms with E-state index < -0.39 is 0 Å². The van der Waals surface area contributed by atoms with Crippen molar-refractivity contribution >= 4 is 35.0 Å². The SMILES string of the molecule is COc1ccc(Cl)c(Cl)c1SC. The van der Waals surface area contributed by atoms with Crippen LogP contribution in [0.2, 0.25) is 10.0 Å². The van der Waals surface area contributed by atoms with Gasteiger partial charge in [-0.15, -0.1) is 11.8 Å². The van der Waals surface area contributed by atoms with E-state index in [1.807, 2.05) is 6.26 Å². The quantitative estimate of drug-likeness (QED) is 0.706. The van der Waals surface area contributed by atoms with Gasteiger partial charge in [0.25, 0.3) is 0 Å². The standard InChI is InChI=1S/C8H8Cl2OS/c1-11-6-4-3-5(9)7(10)8(6)12-2/h3-4H,1-2H3. The minimum absolute atomic E-state index is 0.557. The predicted molar refractivity (Wildman–Crippen MR) is 54.8 cm³/mol. The molecule has 0 saturated carbocycles. The van der Waals surface area contributed by atoms with Crippen LogP contribution in [0.25, 0.3) is 0 Å². The van der Waals surface area contributed by atoms with Gasteiger partial charge in [0.1, 0.15) is 5.75 Å². The monoisotopic (exact) mass is 222 g/mol. The molecular weight excluding hydrogens is 215 g/mol. The number of benzene rings is 1. The minimum atomic E-state index is 0.557. The van der Waals surface area contributed by atoms with Crippen LogP contribution in [0.4, 0.5) is 0 Å². The highest BCUT2D eigenvalue weighted by molar-refractivity contribution is 7.98. The summed E-state index contributed by atoms with van der Waals surface area (Å²) >= 11 is 13.3. The molecule has 0 heterocycles. The van der Waals surface area contributed by atoms with E-state index in [-0.39, 0.29) is 0 Å². The summed E-state index contributed by atoms with van der Waals surface area (Å²) in [6, 6.07) is 3.53. The number of halogens is 2. The number of hydrogen-bond donors (Lipinski definition) is 0. The summed E-state index contributed by atoms with van der Waals surface area (Å²) < 4.78 is 5.11. The molecule has 0 aliphatic heterocycles. The molecule has 12 heavy (non-hydrogen) atoms. The first-order valence-electron chi connectivity index (χ1n) is 3.26. The lowest BCUT2D eigenvalue weighted by Crippen LogP contribution is -1.86. The first kappa shape index (κ1) is 10.0. The molecule has 0 fully saturated rings. The molecule has 1 aromatic carbocycles. The predicted octanol–water partition coefficient (Wildman–Crippen LogP) is 3.72. The second-order valence-electron chi connectivity index (χ2n) is 2.10. The Kier molecular flexibility index (Phi) is 3.56. The van der Waals surface area contributed by atoms with Crippen molar-refractivity contribution < 1.29 is 4.74 Å². The summed E-state index contributed by atoms with van der Waals surface area (Å²) in [6.45, 7) is 0. The van der Waals surface area contributed by atoms with Crippen molar-refractivity contribution in [1.82, 2.24) is 0 Å². The van der Waals surface area contributed by atoms with Crippen LogP contribution in [0.1, 0.15) is 0 Å². The van der Waals surface area contributed by atoms with Crippen LogP contribution >= 0.6 is 35.0 Å². The number of methoxy groups -OCH3 is 1. The van der Waals surface area contributed by atoms with Crippen LogP contribution in [-0.4, -0.2) is 13.4 Å². The highest BCUT2D eigenvalue weighted by atomic mass is 35.5. The van der Waals surface area contributed by atoms with E-state index in [4.69, 9.17) is 27.9 Å². The Hall–Kier alpha value is -0.0500. The average Bonchev–Trinajstić information content (AvgIpc) is 2.09. The second-order valence-corrected chi connectivity index (χ2v) is 3.70. The molecule has 1 rings (SSSR count). The van der Waals surface area contributed by atoms with Gasteiger partial charge in [0, 0.05) is 0 Å². The van der Waals surface area contributed by atoms with Gasteiger partial charge >= 0.3 is 0 Å². The maximum Gasteiger partial charge on any atom is 0.134 e. The third-order valence-electron chi connectivity index (χ3n) is 1.44. The van der Waals surface area contributed by atoms with E-state index in [9.17, 15) is 0 Å². The van der Waals surface area contributed by atoms with Gasteiger partial charge in [-0.2, -0.15) is 0 Å². The third-order valence-corrected chi connectivity index (χ3v) is 3.17. The molecular formula is C8H8Cl2OS. The average molecular weight is 223 g/mol. The van der Waals surface area contributed by atoms with Crippen molar-refractivity contribution in [3.8, 4) is 5.75 Å². The largest absolute Gasteiger partial charge is 0.496 e. The second kappa shape index (κ2) is 4.26. The Morgan fingerprint density at radius 2 is 2.00 bits per heavy atom. The molecule has 0 bridgehead atoms. The van der Waals surface area contributed by atoms with Crippen molar-refractivity contribution in [3.05, 3.63) is 22.2 Å². The first-order valence-corrected chi connectivity index (χ1v) is 5.24. The lowest BCUT2D eigenvalue weighted by molar-refractivity contribution is 0.405. The molecule has 0 aliphatic rings. The molecule has 0 aromatic heterocycles. The zero-order valence-electron chi connectivity index (χ0n) is 6.73. The number of rotatable bonds is 2. The fraction of sp³-hybridized carbons (Fsp3) is 0.250. The fourth-order valence-corrected chi connectivity index (χ4v) is 2.11.